The van der Waals surface area contributed by atoms with Gasteiger partial charge < -0.3 is 4.74 Å². The van der Waals surface area contributed by atoms with Crippen molar-refractivity contribution in [1.82, 2.24) is 5.43 Å². The number of benzene rings is 3. The molecular weight excluding hydrogens is 383 g/mol. The number of ether oxygens (including phenoxy) is 1. The van der Waals surface area contributed by atoms with Gasteiger partial charge in [-0.25, -0.2) is 14.6 Å². The van der Waals surface area contributed by atoms with Crippen LogP contribution in [0, 0.1) is 5.82 Å². The van der Waals surface area contributed by atoms with E-state index < -0.39 is 17.7 Å². The van der Waals surface area contributed by atoms with Crippen LogP contribution in [0.15, 0.2) is 77.9 Å². The molecule has 28 heavy (non-hydrogen) atoms. The highest BCUT2D eigenvalue weighted by Gasteiger charge is 2.12. The number of carbonyl (C=O) groups excluding carboxylic acids is 2. The van der Waals surface area contributed by atoms with Crippen molar-refractivity contribution in [3.05, 3.63) is 100 Å². The molecule has 0 saturated heterocycles. The molecular formula is C21H14ClFN2O3. The maximum atomic E-state index is 12.9. The van der Waals surface area contributed by atoms with Gasteiger partial charge in [-0.2, -0.15) is 5.10 Å². The zero-order valence-corrected chi connectivity index (χ0v) is 15.2. The minimum Gasteiger partial charge on any atom is -0.423 e. The van der Waals surface area contributed by atoms with E-state index in [1.807, 2.05) is 0 Å². The Morgan fingerprint density at radius 3 is 2.50 bits per heavy atom. The average molecular weight is 397 g/mol. The van der Waals surface area contributed by atoms with Gasteiger partial charge in [0.05, 0.1) is 16.8 Å². The smallest absolute Gasteiger partial charge is 0.345 e. The van der Waals surface area contributed by atoms with Crippen LogP contribution in [-0.4, -0.2) is 18.1 Å². The topological polar surface area (TPSA) is 67.8 Å². The van der Waals surface area contributed by atoms with E-state index in [2.05, 4.69) is 10.5 Å². The predicted octanol–water partition coefficient (Wildman–Crippen LogP) is 4.46. The van der Waals surface area contributed by atoms with Crippen LogP contribution in [0.25, 0.3) is 0 Å². The predicted molar refractivity (Wildman–Crippen MR) is 104 cm³/mol. The molecule has 0 bridgehead atoms. The molecule has 0 spiro atoms. The van der Waals surface area contributed by atoms with Crippen molar-refractivity contribution >= 4 is 29.7 Å². The van der Waals surface area contributed by atoms with Crippen molar-refractivity contribution in [2.24, 2.45) is 5.10 Å². The Kier molecular flexibility index (Phi) is 6.14. The largest absolute Gasteiger partial charge is 0.423 e. The van der Waals surface area contributed by atoms with Crippen LogP contribution < -0.4 is 10.2 Å². The lowest BCUT2D eigenvalue weighted by atomic mass is 10.2. The fourth-order valence-electron chi connectivity index (χ4n) is 2.28. The van der Waals surface area contributed by atoms with Gasteiger partial charge in [0.1, 0.15) is 11.6 Å². The molecule has 0 aliphatic heterocycles. The summed E-state index contributed by atoms with van der Waals surface area (Å²) in [6.45, 7) is 0. The van der Waals surface area contributed by atoms with E-state index in [-0.39, 0.29) is 11.1 Å². The average Bonchev–Trinajstić information content (AvgIpc) is 2.69. The second-order valence-corrected chi connectivity index (χ2v) is 6.06. The lowest BCUT2D eigenvalue weighted by Gasteiger charge is -2.06. The van der Waals surface area contributed by atoms with Gasteiger partial charge in [0.2, 0.25) is 0 Å². The van der Waals surface area contributed by atoms with Crippen molar-refractivity contribution in [2.45, 2.75) is 0 Å². The molecule has 1 amide bonds. The van der Waals surface area contributed by atoms with Crippen molar-refractivity contribution in [3.8, 4) is 5.75 Å². The highest BCUT2D eigenvalue weighted by molar-refractivity contribution is 6.33. The van der Waals surface area contributed by atoms with E-state index in [4.69, 9.17) is 16.3 Å². The first kappa shape index (κ1) is 19.3. The van der Waals surface area contributed by atoms with Gasteiger partial charge in [0.25, 0.3) is 5.91 Å². The SMILES string of the molecule is O=C(N/N=C\c1cccc(OC(=O)c2ccccc2Cl)c1)c1ccc(F)cc1. The number of nitrogens with zero attached hydrogens (tertiary/aromatic N) is 1. The summed E-state index contributed by atoms with van der Waals surface area (Å²) in [5.41, 5.74) is 3.48. The Morgan fingerprint density at radius 2 is 1.75 bits per heavy atom. The monoisotopic (exact) mass is 396 g/mol. The lowest BCUT2D eigenvalue weighted by molar-refractivity contribution is 0.0734. The van der Waals surface area contributed by atoms with E-state index in [0.29, 0.717) is 16.3 Å². The molecule has 0 unspecified atom stereocenters. The molecule has 0 aromatic heterocycles. The van der Waals surface area contributed by atoms with E-state index in [1.54, 1.807) is 48.5 Å². The molecule has 0 heterocycles. The lowest BCUT2D eigenvalue weighted by Crippen LogP contribution is -2.17. The molecule has 140 valence electrons. The van der Waals surface area contributed by atoms with Crippen LogP contribution >= 0.6 is 11.6 Å². The third kappa shape index (κ3) is 5.02. The molecule has 0 aliphatic carbocycles. The van der Waals surface area contributed by atoms with Crippen molar-refractivity contribution in [1.29, 1.82) is 0 Å². The summed E-state index contributed by atoms with van der Waals surface area (Å²) in [4.78, 5) is 24.1. The molecule has 7 heteroatoms. The number of hydrogen-bond donors (Lipinski definition) is 1. The van der Waals surface area contributed by atoms with Gasteiger partial charge in [-0.15, -0.1) is 0 Å². The first-order chi connectivity index (χ1) is 13.5. The van der Waals surface area contributed by atoms with E-state index in [1.165, 1.54) is 30.5 Å². The van der Waals surface area contributed by atoms with Crippen LogP contribution in [0.5, 0.6) is 5.75 Å². The summed E-state index contributed by atoms with van der Waals surface area (Å²) >= 11 is 5.99. The van der Waals surface area contributed by atoms with Crippen molar-refractivity contribution in [3.63, 3.8) is 0 Å². The maximum Gasteiger partial charge on any atom is 0.345 e. The third-order valence-corrected chi connectivity index (χ3v) is 3.98. The van der Waals surface area contributed by atoms with Crippen LogP contribution in [0.3, 0.4) is 0 Å². The summed E-state index contributed by atoms with van der Waals surface area (Å²) in [6.07, 6.45) is 1.40. The van der Waals surface area contributed by atoms with Crippen LogP contribution in [0.1, 0.15) is 26.3 Å². The fourth-order valence-corrected chi connectivity index (χ4v) is 2.49. The summed E-state index contributed by atoms with van der Waals surface area (Å²) in [5, 5.41) is 4.15. The Labute approximate surface area is 165 Å². The number of amides is 1. The fraction of sp³-hybridized carbons (Fsp3) is 0. The number of nitrogens with one attached hydrogen (secondary N) is 1. The molecule has 0 fully saturated rings. The number of carbonyl (C=O) groups is 2. The van der Waals surface area contributed by atoms with Gasteiger partial charge in [-0.05, 0) is 54.1 Å². The molecule has 0 atom stereocenters. The molecule has 3 rings (SSSR count). The maximum absolute atomic E-state index is 12.9. The summed E-state index contributed by atoms with van der Waals surface area (Å²) < 4.78 is 18.2. The molecule has 0 saturated carbocycles. The molecule has 3 aromatic rings. The summed E-state index contributed by atoms with van der Waals surface area (Å²) in [5.74, 6) is -1.18. The molecule has 5 nitrogen and oxygen atoms in total. The summed E-state index contributed by atoms with van der Waals surface area (Å²) in [6, 6.07) is 18.3. The first-order valence-corrected chi connectivity index (χ1v) is 8.56. The first-order valence-electron chi connectivity index (χ1n) is 8.19. The van der Waals surface area contributed by atoms with Crippen LogP contribution in [0.4, 0.5) is 4.39 Å². The molecule has 3 aromatic carbocycles. The van der Waals surface area contributed by atoms with Gasteiger partial charge in [0.15, 0.2) is 0 Å². The van der Waals surface area contributed by atoms with Crippen molar-refractivity contribution in [2.75, 3.05) is 0 Å². The van der Waals surface area contributed by atoms with Gasteiger partial charge >= 0.3 is 5.97 Å². The molecule has 0 aliphatic rings. The minimum absolute atomic E-state index is 0.259. The quantitative estimate of drug-likeness (QED) is 0.299. The second-order valence-electron chi connectivity index (χ2n) is 5.65. The number of hydrogen-bond acceptors (Lipinski definition) is 4. The Bertz CT molecular complexity index is 1040. The highest BCUT2D eigenvalue weighted by atomic mass is 35.5. The zero-order chi connectivity index (χ0) is 19.9. The highest BCUT2D eigenvalue weighted by Crippen LogP contribution is 2.19. The number of esters is 1. The standard InChI is InChI=1S/C21H14ClFN2O3/c22-19-7-2-1-6-18(19)21(27)28-17-5-3-4-14(12-17)13-24-25-20(26)15-8-10-16(23)11-9-15/h1-13H,(H,25,26)/b24-13-. The molecule has 0 radical (unpaired) electrons. The van der Waals surface area contributed by atoms with E-state index >= 15 is 0 Å². The minimum atomic E-state index is -0.579. The van der Waals surface area contributed by atoms with E-state index in [9.17, 15) is 14.0 Å². The van der Waals surface area contributed by atoms with Gasteiger partial charge in [0, 0.05) is 5.56 Å². The number of halogens is 2. The second kappa shape index (κ2) is 8.92. The van der Waals surface area contributed by atoms with E-state index in [0.717, 1.165) is 0 Å². The van der Waals surface area contributed by atoms with Crippen LogP contribution in [-0.2, 0) is 0 Å². The Balaban J connectivity index is 1.63. The Hall–Kier alpha value is -3.51. The van der Waals surface area contributed by atoms with Crippen LogP contribution in [0.2, 0.25) is 5.02 Å². The van der Waals surface area contributed by atoms with Gasteiger partial charge in [-0.1, -0.05) is 35.9 Å². The Morgan fingerprint density at radius 1 is 1.00 bits per heavy atom. The van der Waals surface area contributed by atoms with Crippen molar-refractivity contribution < 1.29 is 18.7 Å². The number of hydrazone groups is 1. The number of rotatable bonds is 5. The normalized spacial score (nSPS) is 10.6. The third-order valence-electron chi connectivity index (χ3n) is 3.65. The van der Waals surface area contributed by atoms with Gasteiger partial charge in [-0.3, -0.25) is 4.79 Å². The molecule has 1 N–H and O–H groups in total. The zero-order valence-electron chi connectivity index (χ0n) is 14.4. The summed E-state index contributed by atoms with van der Waals surface area (Å²) in [7, 11) is 0.